The number of pyridine rings is 1. The summed E-state index contributed by atoms with van der Waals surface area (Å²) in [5, 5.41) is 9.95. The predicted molar refractivity (Wildman–Crippen MR) is 42.2 cm³/mol. The van der Waals surface area contributed by atoms with Crippen molar-refractivity contribution < 1.29 is 5.11 Å². The van der Waals surface area contributed by atoms with Crippen LogP contribution in [0.4, 0.5) is 0 Å². The van der Waals surface area contributed by atoms with Crippen LogP contribution < -0.4 is 0 Å². The van der Waals surface area contributed by atoms with Gasteiger partial charge in [-0.25, -0.2) is 4.98 Å². The van der Waals surface area contributed by atoms with Crippen molar-refractivity contribution in [2.75, 3.05) is 0 Å². The Kier molecular flexibility index (Phi) is 1.25. The molecule has 11 heavy (non-hydrogen) atoms. The maximum atomic E-state index is 9.01. The molecule has 53 valence electrons. The molecule has 2 rings (SSSR count). The molecule has 1 N–H and O–H groups in total. The van der Waals surface area contributed by atoms with Crippen molar-refractivity contribution in [2.24, 2.45) is 0 Å². The van der Waals surface area contributed by atoms with E-state index in [0.717, 1.165) is 10.9 Å². The molecule has 0 unspecified atom stereocenters. The minimum Gasteiger partial charge on any atom is -0.506 e. The standard InChI is InChI=1S/C9H6NO/c11-8-5-7-3-1-2-4-9(7)10-6-8/h1-5,11H. The summed E-state index contributed by atoms with van der Waals surface area (Å²) < 4.78 is 0. The minimum absolute atomic E-state index is 0.0868. The summed E-state index contributed by atoms with van der Waals surface area (Å²) in [4.78, 5) is 3.91. The van der Waals surface area contributed by atoms with E-state index in [1.54, 1.807) is 6.07 Å². The Hall–Kier alpha value is -1.57. The Bertz CT molecular complexity index is 384. The lowest BCUT2D eigenvalue weighted by molar-refractivity contribution is 0.472. The number of hydrogen-bond acceptors (Lipinski definition) is 2. The molecule has 0 saturated heterocycles. The van der Waals surface area contributed by atoms with Crippen molar-refractivity contribution >= 4 is 10.9 Å². The quantitative estimate of drug-likeness (QED) is 0.611. The Morgan fingerprint density at radius 2 is 2.09 bits per heavy atom. The molecule has 1 aromatic heterocycles. The van der Waals surface area contributed by atoms with Gasteiger partial charge in [0.15, 0.2) is 0 Å². The molecule has 0 atom stereocenters. The number of fused-ring (bicyclic) bond motifs is 1. The molecule has 1 heterocycles. The highest BCUT2D eigenvalue weighted by molar-refractivity contribution is 5.79. The van der Waals surface area contributed by atoms with E-state index in [1.807, 2.05) is 24.3 Å². The van der Waals surface area contributed by atoms with E-state index in [1.165, 1.54) is 0 Å². The third kappa shape index (κ3) is 1.03. The first-order valence-corrected chi connectivity index (χ1v) is 3.33. The molecule has 0 fully saturated rings. The van der Waals surface area contributed by atoms with Gasteiger partial charge in [0.25, 0.3) is 0 Å². The molecule has 0 bridgehead atoms. The van der Waals surface area contributed by atoms with Crippen LogP contribution in [0.2, 0.25) is 0 Å². The molecule has 2 aromatic rings. The summed E-state index contributed by atoms with van der Waals surface area (Å²) in [6.07, 6.45) is 2.48. The highest BCUT2D eigenvalue weighted by atomic mass is 16.3. The van der Waals surface area contributed by atoms with Crippen molar-refractivity contribution in [3.05, 3.63) is 36.5 Å². The third-order valence-corrected chi connectivity index (χ3v) is 1.52. The second-order valence-corrected chi connectivity index (χ2v) is 2.31. The van der Waals surface area contributed by atoms with Gasteiger partial charge in [0.05, 0.1) is 5.52 Å². The van der Waals surface area contributed by atoms with E-state index in [0.29, 0.717) is 0 Å². The molecule has 0 aliphatic carbocycles. The maximum absolute atomic E-state index is 9.01. The number of hydrogen-bond donors (Lipinski definition) is 1. The van der Waals surface area contributed by atoms with Crippen LogP contribution in [0.15, 0.2) is 30.3 Å². The van der Waals surface area contributed by atoms with E-state index in [-0.39, 0.29) is 5.75 Å². The lowest BCUT2D eigenvalue weighted by Crippen LogP contribution is -1.76. The van der Waals surface area contributed by atoms with Crippen LogP contribution in [-0.4, -0.2) is 10.1 Å². The van der Waals surface area contributed by atoms with Crippen LogP contribution in [0.5, 0.6) is 5.75 Å². The van der Waals surface area contributed by atoms with Gasteiger partial charge in [-0.2, -0.15) is 0 Å². The average Bonchev–Trinajstić information content (AvgIpc) is 2.04. The fourth-order valence-electron chi connectivity index (χ4n) is 1.01. The number of aromatic nitrogens is 1. The van der Waals surface area contributed by atoms with E-state index < -0.39 is 0 Å². The van der Waals surface area contributed by atoms with Gasteiger partial charge in [0.2, 0.25) is 0 Å². The highest BCUT2D eigenvalue weighted by Gasteiger charge is 1.93. The average molecular weight is 144 g/mol. The first-order chi connectivity index (χ1) is 5.36. The fraction of sp³-hybridized carbons (Fsp3) is 0. The second kappa shape index (κ2) is 2.23. The molecule has 1 radical (unpaired) electrons. The van der Waals surface area contributed by atoms with Crippen molar-refractivity contribution in [3.63, 3.8) is 0 Å². The molecule has 0 amide bonds. The van der Waals surface area contributed by atoms with Crippen molar-refractivity contribution in [1.82, 2.24) is 4.98 Å². The van der Waals surface area contributed by atoms with Gasteiger partial charge in [-0.05, 0) is 12.1 Å². The van der Waals surface area contributed by atoms with Gasteiger partial charge >= 0.3 is 0 Å². The lowest BCUT2D eigenvalue weighted by Gasteiger charge is -1.94. The number of nitrogens with zero attached hydrogens (tertiary/aromatic N) is 1. The zero-order valence-electron chi connectivity index (χ0n) is 5.78. The van der Waals surface area contributed by atoms with E-state index in [4.69, 9.17) is 5.11 Å². The van der Waals surface area contributed by atoms with Crippen molar-refractivity contribution in [2.45, 2.75) is 0 Å². The highest BCUT2D eigenvalue weighted by Crippen LogP contribution is 2.15. The predicted octanol–water partition coefficient (Wildman–Crippen LogP) is 1.74. The van der Waals surface area contributed by atoms with Gasteiger partial charge < -0.3 is 5.11 Å². The van der Waals surface area contributed by atoms with Crippen LogP contribution in [0.1, 0.15) is 0 Å². The fourth-order valence-corrected chi connectivity index (χ4v) is 1.01. The van der Waals surface area contributed by atoms with Crippen molar-refractivity contribution in [3.8, 4) is 5.75 Å². The zero-order chi connectivity index (χ0) is 7.68. The number of para-hydroxylation sites is 1. The van der Waals surface area contributed by atoms with Gasteiger partial charge in [-0.1, -0.05) is 18.2 Å². The topological polar surface area (TPSA) is 33.1 Å². The third-order valence-electron chi connectivity index (χ3n) is 1.52. The van der Waals surface area contributed by atoms with Gasteiger partial charge in [0.1, 0.15) is 11.9 Å². The SMILES string of the molecule is Oc1[c]nc2ccccc2c1. The second-order valence-electron chi connectivity index (χ2n) is 2.31. The smallest absolute Gasteiger partial charge is 0.144 e. The molecule has 2 nitrogen and oxygen atoms in total. The van der Waals surface area contributed by atoms with Crippen LogP contribution in [0, 0.1) is 6.20 Å². The van der Waals surface area contributed by atoms with Crippen LogP contribution in [-0.2, 0) is 0 Å². The Morgan fingerprint density at radius 1 is 1.27 bits per heavy atom. The first kappa shape index (κ1) is 6.16. The van der Waals surface area contributed by atoms with Gasteiger partial charge in [-0.15, -0.1) is 0 Å². The number of rotatable bonds is 0. The number of benzene rings is 1. The lowest BCUT2D eigenvalue weighted by atomic mass is 10.2. The normalized spacial score (nSPS) is 10.2. The molecular formula is C9H6NO. The molecule has 0 aliphatic rings. The maximum Gasteiger partial charge on any atom is 0.144 e. The Morgan fingerprint density at radius 3 is 3.00 bits per heavy atom. The van der Waals surface area contributed by atoms with Gasteiger partial charge in [-0.3, -0.25) is 0 Å². The van der Waals surface area contributed by atoms with Gasteiger partial charge in [0, 0.05) is 5.39 Å². The van der Waals surface area contributed by atoms with Crippen LogP contribution in [0.3, 0.4) is 0 Å². The molecular weight excluding hydrogens is 138 g/mol. The first-order valence-electron chi connectivity index (χ1n) is 3.33. The molecule has 0 aliphatic heterocycles. The Balaban J connectivity index is 2.83. The Labute approximate surface area is 64.1 Å². The molecule has 1 aromatic carbocycles. The summed E-state index contributed by atoms with van der Waals surface area (Å²) in [6, 6.07) is 9.23. The van der Waals surface area contributed by atoms with E-state index in [9.17, 15) is 0 Å². The summed E-state index contributed by atoms with van der Waals surface area (Å²) in [6.45, 7) is 0. The summed E-state index contributed by atoms with van der Waals surface area (Å²) in [5.74, 6) is 0.0868. The largest absolute Gasteiger partial charge is 0.506 e. The van der Waals surface area contributed by atoms with Crippen molar-refractivity contribution in [1.29, 1.82) is 0 Å². The zero-order valence-corrected chi connectivity index (χ0v) is 5.78. The molecule has 2 heteroatoms. The van der Waals surface area contributed by atoms with E-state index in [2.05, 4.69) is 11.2 Å². The monoisotopic (exact) mass is 144 g/mol. The van der Waals surface area contributed by atoms with E-state index >= 15 is 0 Å². The molecule has 0 saturated carbocycles. The summed E-state index contributed by atoms with van der Waals surface area (Å²) in [7, 11) is 0. The van der Waals surface area contributed by atoms with Crippen LogP contribution in [0.25, 0.3) is 10.9 Å². The summed E-state index contributed by atoms with van der Waals surface area (Å²) in [5.41, 5.74) is 0.852. The number of aromatic hydroxyl groups is 1. The summed E-state index contributed by atoms with van der Waals surface area (Å²) >= 11 is 0. The van der Waals surface area contributed by atoms with Crippen LogP contribution >= 0.6 is 0 Å². The minimum atomic E-state index is 0.0868. The molecule has 0 spiro atoms.